The van der Waals surface area contributed by atoms with Gasteiger partial charge in [-0.15, -0.1) is 0 Å². The highest BCUT2D eigenvalue weighted by atomic mass is 15.1. The van der Waals surface area contributed by atoms with E-state index in [-0.39, 0.29) is 0 Å². The van der Waals surface area contributed by atoms with Crippen molar-refractivity contribution in [2.45, 2.75) is 26.7 Å². The monoisotopic (exact) mass is 296 g/mol. The van der Waals surface area contributed by atoms with Gasteiger partial charge in [0.25, 0.3) is 0 Å². The Kier molecular flexibility index (Phi) is 4.18. The van der Waals surface area contributed by atoms with Crippen LogP contribution in [0.1, 0.15) is 25.3 Å². The number of nitrogen functional groups attached to an aromatic ring is 1. The fourth-order valence-electron chi connectivity index (χ4n) is 2.81. The van der Waals surface area contributed by atoms with Gasteiger partial charge in [0.1, 0.15) is 5.82 Å². The highest BCUT2D eigenvalue weighted by molar-refractivity contribution is 5.62. The molecule has 0 bridgehead atoms. The molecule has 0 unspecified atom stereocenters. The Morgan fingerprint density at radius 3 is 2.50 bits per heavy atom. The van der Waals surface area contributed by atoms with Crippen LogP contribution in [0.25, 0.3) is 0 Å². The standard InChI is InChI=1S/C18H24N4/c1-13-7-9-22(10-8-13)16-5-3-15(4-6-16)21-18-11-14(2)17(19)12-20-18/h3-6,11-13H,7-10,19H2,1-2H3,(H,20,21). The van der Waals surface area contributed by atoms with Crippen LogP contribution in [0.3, 0.4) is 0 Å². The van der Waals surface area contributed by atoms with E-state index in [2.05, 4.69) is 46.4 Å². The first-order chi connectivity index (χ1) is 10.6. The van der Waals surface area contributed by atoms with E-state index in [1.165, 1.54) is 18.5 Å². The number of piperidine rings is 1. The summed E-state index contributed by atoms with van der Waals surface area (Å²) in [5, 5.41) is 3.32. The topological polar surface area (TPSA) is 54.2 Å². The minimum absolute atomic E-state index is 0.722. The Hall–Kier alpha value is -2.23. The fourth-order valence-corrected chi connectivity index (χ4v) is 2.81. The van der Waals surface area contributed by atoms with E-state index in [1.54, 1.807) is 6.20 Å². The molecule has 1 aromatic heterocycles. The number of rotatable bonds is 3. The molecule has 0 amide bonds. The van der Waals surface area contributed by atoms with Gasteiger partial charge in [0, 0.05) is 24.5 Å². The molecule has 3 rings (SSSR count). The number of nitrogens with two attached hydrogens (primary N) is 1. The summed E-state index contributed by atoms with van der Waals surface area (Å²) in [4.78, 5) is 6.78. The SMILES string of the molecule is Cc1cc(Nc2ccc(N3CCC(C)CC3)cc2)ncc1N. The number of anilines is 4. The number of hydrogen-bond donors (Lipinski definition) is 2. The molecular formula is C18H24N4. The Morgan fingerprint density at radius 1 is 1.18 bits per heavy atom. The summed E-state index contributed by atoms with van der Waals surface area (Å²) < 4.78 is 0. The number of benzene rings is 1. The summed E-state index contributed by atoms with van der Waals surface area (Å²) in [6.45, 7) is 6.65. The molecule has 2 heterocycles. The van der Waals surface area contributed by atoms with Gasteiger partial charge < -0.3 is 16.0 Å². The van der Waals surface area contributed by atoms with Crippen molar-refractivity contribution in [3.05, 3.63) is 42.1 Å². The number of pyridine rings is 1. The van der Waals surface area contributed by atoms with Crippen LogP contribution in [0.4, 0.5) is 22.9 Å². The molecule has 0 aliphatic carbocycles. The summed E-state index contributed by atoms with van der Waals surface area (Å²) in [5.41, 5.74) is 9.91. The highest BCUT2D eigenvalue weighted by Crippen LogP contribution is 2.25. The molecule has 0 atom stereocenters. The largest absolute Gasteiger partial charge is 0.397 e. The zero-order valence-corrected chi connectivity index (χ0v) is 13.3. The Bertz CT molecular complexity index is 628. The average molecular weight is 296 g/mol. The summed E-state index contributed by atoms with van der Waals surface area (Å²) in [6.07, 6.45) is 4.27. The Balaban J connectivity index is 1.67. The van der Waals surface area contributed by atoms with Gasteiger partial charge in [-0.3, -0.25) is 0 Å². The molecule has 0 spiro atoms. The van der Waals surface area contributed by atoms with Crippen LogP contribution in [0.2, 0.25) is 0 Å². The molecule has 2 aromatic rings. The van der Waals surface area contributed by atoms with Crippen LogP contribution in [0.5, 0.6) is 0 Å². The number of nitrogens with one attached hydrogen (secondary N) is 1. The highest BCUT2D eigenvalue weighted by Gasteiger charge is 2.15. The number of hydrogen-bond acceptors (Lipinski definition) is 4. The molecular weight excluding hydrogens is 272 g/mol. The van der Waals surface area contributed by atoms with Crippen LogP contribution >= 0.6 is 0 Å². The zero-order valence-electron chi connectivity index (χ0n) is 13.3. The molecule has 4 heteroatoms. The van der Waals surface area contributed by atoms with Gasteiger partial charge in [-0.25, -0.2) is 4.98 Å². The van der Waals surface area contributed by atoms with E-state index in [9.17, 15) is 0 Å². The summed E-state index contributed by atoms with van der Waals surface area (Å²) >= 11 is 0. The van der Waals surface area contributed by atoms with E-state index in [4.69, 9.17) is 5.73 Å². The molecule has 3 N–H and O–H groups in total. The van der Waals surface area contributed by atoms with E-state index in [0.717, 1.165) is 41.8 Å². The zero-order chi connectivity index (χ0) is 15.5. The van der Waals surface area contributed by atoms with Gasteiger partial charge >= 0.3 is 0 Å². The number of aromatic nitrogens is 1. The molecule has 116 valence electrons. The van der Waals surface area contributed by atoms with Gasteiger partial charge in [-0.1, -0.05) is 6.92 Å². The van der Waals surface area contributed by atoms with Crippen LogP contribution in [-0.2, 0) is 0 Å². The first-order valence-electron chi connectivity index (χ1n) is 7.96. The lowest BCUT2D eigenvalue weighted by molar-refractivity contribution is 0.438. The van der Waals surface area contributed by atoms with Crippen molar-refractivity contribution in [2.75, 3.05) is 29.0 Å². The summed E-state index contributed by atoms with van der Waals surface area (Å²) in [6, 6.07) is 10.6. The maximum absolute atomic E-state index is 5.80. The summed E-state index contributed by atoms with van der Waals surface area (Å²) in [7, 11) is 0. The maximum atomic E-state index is 5.80. The van der Waals surface area contributed by atoms with E-state index in [1.807, 2.05) is 13.0 Å². The van der Waals surface area contributed by atoms with Gasteiger partial charge in [0.15, 0.2) is 0 Å². The smallest absolute Gasteiger partial charge is 0.130 e. The molecule has 0 radical (unpaired) electrons. The van der Waals surface area contributed by atoms with Crippen molar-refractivity contribution >= 4 is 22.9 Å². The van der Waals surface area contributed by atoms with Crippen LogP contribution in [0, 0.1) is 12.8 Å². The second-order valence-electron chi connectivity index (χ2n) is 6.27. The quantitative estimate of drug-likeness (QED) is 0.900. The predicted molar refractivity (Wildman–Crippen MR) is 93.7 cm³/mol. The van der Waals surface area contributed by atoms with E-state index >= 15 is 0 Å². The lowest BCUT2D eigenvalue weighted by Gasteiger charge is -2.32. The third-order valence-electron chi connectivity index (χ3n) is 4.44. The van der Waals surface area contributed by atoms with Gasteiger partial charge in [0.05, 0.1) is 11.9 Å². The van der Waals surface area contributed by atoms with E-state index < -0.39 is 0 Å². The lowest BCUT2D eigenvalue weighted by atomic mass is 9.99. The second-order valence-corrected chi connectivity index (χ2v) is 6.27. The molecule has 4 nitrogen and oxygen atoms in total. The first kappa shape index (κ1) is 14.7. The molecule has 1 aromatic carbocycles. The number of nitrogens with zero attached hydrogens (tertiary/aromatic N) is 2. The van der Waals surface area contributed by atoms with Crippen molar-refractivity contribution in [2.24, 2.45) is 5.92 Å². The van der Waals surface area contributed by atoms with Gasteiger partial charge in [-0.2, -0.15) is 0 Å². The minimum atomic E-state index is 0.722. The molecule has 1 aliphatic heterocycles. The molecule has 0 saturated carbocycles. The molecule has 1 aliphatic rings. The normalized spacial score (nSPS) is 15.8. The number of aryl methyl sites for hydroxylation is 1. The third-order valence-corrected chi connectivity index (χ3v) is 4.44. The third kappa shape index (κ3) is 3.32. The van der Waals surface area contributed by atoms with Gasteiger partial charge in [0.2, 0.25) is 0 Å². The minimum Gasteiger partial charge on any atom is -0.397 e. The summed E-state index contributed by atoms with van der Waals surface area (Å²) in [5.74, 6) is 1.68. The molecule has 1 saturated heterocycles. The predicted octanol–water partition coefficient (Wildman–Crippen LogP) is 3.95. The Morgan fingerprint density at radius 2 is 1.86 bits per heavy atom. The average Bonchev–Trinajstić information content (AvgIpc) is 2.53. The van der Waals surface area contributed by atoms with Crippen LogP contribution in [-0.4, -0.2) is 18.1 Å². The second kappa shape index (κ2) is 6.26. The molecule has 22 heavy (non-hydrogen) atoms. The van der Waals surface area contributed by atoms with E-state index in [0.29, 0.717) is 0 Å². The van der Waals surface area contributed by atoms with Crippen molar-refractivity contribution < 1.29 is 0 Å². The lowest BCUT2D eigenvalue weighted by Crippen LogP contribution is -2.32. The van der Waals surface area contributed by atoms with Crippen LogP contribution < -0.4 is 16.0 Å². The Labute approximate surface area is 132 Å². The van der Waals surface area contributed by atoms with Crippen LogP contribution in [0.15, 0.2) is 36.5 Å². The van der Waals surface area contributed by atoms with Crippen molar-refractivity contribution in [1.29, 1.82) is 0 Å². The van der Waals surface area contributed by atoms with Crippen molar-refractivity contribution in [3.8, 4) is 0 Å². The maximum Gasteiger partial charge on any atom is 0.130 e. The first-order valence-corrected chi connectivity index (χ1v) is 7.96. The van der Waals surface area contributed by atoms with Crippen molar-refractivity contribution in [3.63, 3.8) is 0 Å². The van der Waals surface area contributed by atoms with Gasteiger partial charge in [-0.05, 0) is 61.6 Å². The fraction of sp³-hybridized carbons (Fsp3) is 0.389. The molecule has 1 fully saturated rings. The van der Waals surface area contributed by atoms with Crippen molar-refractivity contribution in [1.82, 2.24) is 4.98 Å².